The summed E-state index contributed by atoms with van der Waals surface area (Å²) < 4.78 is 25.7. The lowest BCUT2D eigenvalue weighted by molar-refractivity contribution is -0.137. The van der Waals surface area contributed by atoms with Crippen LogP contribution in [-0.4, -0.2) is 31.5 Å². The molecule has 2 N–H and O–H groups in total. The number of hydrogen-bond acceptors (Lipinski definition) is 4. The quantitative estimate of drug-likeness (QED) is 0.750. The van der Waals surface area contributed by atoms with Crippen LogP contribution >= 0.6 is 11.8 Å². The molecule has 0 saturated heterocycles. The van der Waals surface area contributed by atoms with Crippen molar-refractivity contribution in [2.45, 2.75) is 17.7 Å². The second-order valence-corrected chi connectivity index (χ2v) is 6.37. The Morgan fingerprint density at radius 1 is 1.33 bits per heavy atom. The molecule has 1 aromatic carbocycles. The SMILES string of the molecule is CSc1ccc(NS(=O)(=O)CCCC(=O)O)cc1. The maximum Gasteiger partial charge on any atom is 0.303 e. The van der Waals surface area contributed by atoms with E-state index in [-0.39, 0.29) is 18.6 Å². The van der Waals surface area contributed by atoms with Crippen molar-refractivity contribution < 1.29 is 18.3 Å². The van der Waals surface area contributed by atoms with Gasteiger partial charge < -0.3 is 5.11 Å². The topological polar surface area (TPSA) is 83.5 Å². The molecule has 1 rings (SSSR count). The molecule has 0 saturated carbocycles. The van der Waals surface area contributed by atoms with Gasteiger partial charge in [-0.05, 0) is 36.9 Å². The third-order valence-electron chi connectivity index (χ3n) is 2.17. The number of aliphatic carboxylic acids is 1. The summed E-state index contributed by atoms with van der Waals surface area (Å²) in [5.74, 6) is -1.18. The minimum atomic E-state index is -3.47. The molecule has 0 unspecified atom stereocenters. The highest BCUT2D eigenvalue weighted by atomic mass is 32.2. The van der Waals surface area contributed by atoms with E-state index < -0.39 is 16.0 Å². The molecule has 1 aromatic rings. The van der Waals surface area contributed by atoms with E-state index in [0.29, 0.717) is 5.69 Å². The molecular weight excluding hydrogens is 274 g/mol. The Labute approximate surface area is 111 Å². The fraction of sp³-hybridized carbons (Fsp3) is 0.364. The number of carboxylic acids is 1. The van der Waals surface area contributed by atoms with Crippen LogP contribution in [0.25, 0.3) is 0 Å². The Kier molecular flexibility index (Phi) is 5.49. The first kappa shape index (κ1) is 14.8. The van der Waals surface area contributed by atoms with Crippen LogP contribution in [0.15, 0.2) is 29.2 Å². The number of nitrogens with one attached hydrogen (secondary N) is 1. The zero-order valence-electron chi connectivity index (χ0n) is 9.92. The van der Waals surface area contributed by atoms with Crippen LogP contribution in [0.3, 0.4) is 0 Å². The lowest BCUT2D eigenvalue weighted by Crippen LogP contribution is -2.17. The number of sulfonamides is 1. The first-order chi connectivity index (χ1) is 8.43. The predicted molar refractivity (Wildman–Crippen MR) is 72.5 cm³/mol. The van der Waals surface area contributed by atoms with Gasteiger partial charge >= 0.3 is 5.97 Å². The molecule has 7 heteroatoms. The van der Waals surface area contributed by atoms with E-state index in [9.17, 15) is 13.2 Å². The number of benzene rings is 1. The molecule has 0 fully saturated rings. The minimum Gasteiger partial charge on any atom is -0.481 e. The van der Waals surface area contributed by atoms with Crippen molar-refractivity contribution in [3.05, 3.63) is 24.3 Å². The molecule has 0 atom stereocenters. The molecule has 0 bridgehead atoms. The fourth-order valence-electron chi connectivity index (χ4n) is 1.30. The van der Waals surface area contributed by atoms with Crippen molar-refractivity contribution in [1.82, 2.24) is 0 Å². The maximum atomic E-state index is 11.6. The van der Waals surface area contributed by atoms with Gasteiger partial charge in [0, 0.05) is 17.0 Å². The van der Waals surface area contributed by atoms with Gasteiger partial charge in [0.15, 0.2) is 0 Å². The number of rotatable bonds is 7. The van der Waals surface area contributed by atoms with Gasteiger partial charge in [-0.15, -0.1) is 11.8 Å². The van der Waals surface area contributed by atoms with Gasteiger partial charge in [-0.2, -0.15) is 0 Å². The molecule has 0 aliphatic rings. The van der Waals surface area contributed by atoms with Gasteiger partial charge in [-0.3, -0.25) is 9.52 Å². The Morgan fingerprint density at radius 2 is 1.94 bits per heavy atom. The highest BCUT2D eigenvalue weighted by Gasteiger charge is 2.11. The van der Waals surface area contributed by atoms with Crippen molar-refractivity contribution in [1.29, 1.82) is 0 Å². The van der Waals surface area contributed by atoms with Gasteiger partial charge in [-0.25, -0.2) is 8.42 Å². The summed E-state index contributed by atoms with van der Waals surface area (Å²) in [4.78, 5) is 11.3. The molecule has 100 valence electrons. The summed E-state index contributed by atoms with van der Waals surface area (Å²) in [6, 6.07) is 7.00. The molecule has 0 radical (unpaired) electrons. The molecule has 18 heavy (non-hydrogen) atoms. The number of carbonyl (C=O) groups is 1. The molecule has 5 nitrogen and oxygen atoms in total. The van der Waals surface area contributed by atoms with Gasteiger partial charge in [0.1, 0.15) is 0 Å². The molecule has 0 aromatic heterocycles. The summed E-state index contributed by atoms with van der Waals surface area (Å²) >= 11 is 1.57. The third-order valence-corrected chi connectivity index (χ3v) is 4.28. The largest absolute Gasteiger partial charge is 0.481 e. The second kappa shape index (κ2) is 6.65. The molecule has 0 spiro atoms. The molecular formula is C11H15NO4S2. The van der Waals surface area contributed by atoms with E-state index in [1.165, 1.54) is 0 Å². The van der Waals surface area contributed by atoms with E-state index in [2.05, 4.69) is 4.72 Å². The lowest BCUT2D eigenvalue weighted by Gasteiger charge is -2.07. The van der Waals surface area contributed by atoms with E-state index in [1.807, 2.05) is 18.4 Å². The van der Waals surface area contributed by atoms with Crippen molar-refractivity contribution in [2.75, 3.05) is 16.7 Å². The number of carboxylic acid groups (broad SMARTS) is 1. The summed E-state index contributed by atoms with van der Waals surface area (Å²) in [6.07, 6.45) is 1.89. The number of hydrogen-bond donors (Lipinski definition) is 2. The van der Waals surface area contributed by atoms with E-state index in [1.54, 1.807) is 23.9 Å². The fourth-order valence-corrected chi connectivity index (χ4v) is 2.83. The smallest absolute Gasteiger partial charge is 0.303 e. The Balaban J connectivity index is 2.56. The van der Waals surface area contributed by atoms with Gasteiger partial charge in [0.25, 0.3) is 0 Å². The molecule has 0 aliphatic heterocycles. The first-order valence-corrected chi connectivity index (χ1v) is 8.17. The standard InChI is InChI=1S/C11H15NO4S2/c1-17-10-6-4-9(5-7-10)12-18(15,16)8-2-3-11(13)14/h4-7,12H,2-3,8H2,1H3,(H,13,14). The Bertz CT molecular complexity index is 496. The average molecular weight is 289 g/mol. The highest BCUT2D eigenvalue weighted by Crippen LogP contribution is 2.18. The zero-order chi connectivity index (χ0) is 13.6. The molecule has 0 heterocycles. The summed E-state index contributed by atoms with van der Waals surface area (Å²) in [6.45, 7) is 0. The monoisotopic (exact) mass is 289 g/mol. The lowest BCUT2D eigenvalue weighted by atomic mass is 10.3. The minimum absolute atomic E-state index is 0.105. The van der Waals surface area contributed by atoms with Gasteiger partial charge in [-0.1, -0.05) is 0 Å². The first-order valence-electron chi connectivity index (χ1n) is 5.29. The van der Waals surface area contributed by atoms with Crippen LogP contribution in [0.2, 0.25) is 0 Å². The van der Waals surface area contributed by atoms with Crippen LogP contribution in [0.1, 0.15) is 12.8 Å². The van der Waals surface area contributed by atoms with Gasteiger partial charge in [0.2, 0.25) is 10.0 Å². The second-order valence-electron chi connectivity index (χ2n) is 3.65. The highest BCUT2D eigenvalue weighted by molar-refractivity contribution is 7.98. The predicted octanol–water partition coefficient (Wildman–Crippen LogP) is 2.02. The summed E-state index contributed by atoms with van der Waals surface area (Å²) in [5.41, 5.74) is 0.489. The average Bonchev–Trinajstić information content (AvgIpc) is 2.28. The molecule has 0 aliphatic carbocycles. The maximum absolute atomic E-state index is 11.6. The zero-order valence-corrected chi connectivity index (χ0v) is 11.6. The van der Waals surface area contributed by atoms with Gasteiger partial charge in [0.05, 0.1) is 5.75 Å². The van der Waals surface area contributed by atoms with Crippen molar-refractivity contribution >= 4 is 33.4 Å². The normalized spacial score (nSPS) is 11.2. The Hall–Kier alpha value is -1.21. The summed E-state index contributed by atoms with van der Waals surface area (Å²) in [7, 11) is -3.47. The van der Waals surface area contributed by atoms with Crippen LogP contribution in [0.4, 0.5) is 5.69 Å². The third kappa shape index (κ3) is 5.42. The van der Waals surface area contributed by atoms with Crippen molar-refractivity contribution in [2.24, 2.45) is 0 Å². The van der Waals surface area contributed by atoms with Crippen LogP contribution < -0.4 is 4.72 Å². The molecule has 0 amide bonds. The van der Waals surface area contributed by atoms with Crippen LogP contribution in [0, 0.1) is 0 Å². The number of thioether (sulfide) groups is 1. The van der Waals surface area contributed by atoms with E-state index in [4.69, 9.17) is 5.11 Å². The summed E-state index contributed by atoms with van der Waals surface area (Å²) in [5, 5.41) is 8.44. The number of anilines is 1. The van der Waals surface area contributed by atoms with E-state index in [0.717, 1.165) is 4.90 Å². The van der Waals surface area contributed by atoms with E-state index >= 15 is 0 Å². The van der Waals surface area contributed by atoms with Crippen molar-refractivity contribution in [3.8, 4) is 0 Å². The van der Waals surface area contributed by atoms with Crippen molar-refractivity contribution in [3.63, 3.8) is 0 Å². The Morgan fingerprint density at radius 3 is 2.44 bits per heavy atom. The van der Waals surface area contributed by atoms with Crippen LogP contribution in [0.5, 0.6) is 0 Å². The van der Waals surface area contributed by atoms with Crippen LogP contribution in [-0.2, 0) is 14.8 Å².